The molecule has 1 aliphatic rings. The SMILES string of the molecule is CS(=O)(=O)NCCCN1CCCC[C@@H]1CO. The maximum absolute atomic E-state index is 10.8. The van der Waals surface area contributed by atoms with Gasteiger partial charge in [0.25, 0.3) is 0 Å². The molecule has 1 heterocycles. The normalized spacial score (nSPS) is 23.5. The summed E-state index contributed by atoms with van der Waals surface area (Å²) in [5.41, 5.74) is 0. The Morgan fingerprint density at radius 2 is 2.19 bits per heavy atom. The summed E-state index contributed by atoms with van der Waals surface area (Å²) in [6, 6.07) is 0.270. The Balaban J connectivity index is 2.20. The van der Waals surface area contributed by atoms with E-state index in [2.05, 4.69) is 9.62 Å². The van der Waals surface area contributed by atoms with Crippen molar-refractivity contribution in [2.45, 2.75) is 31.7 Å². The quantitative estimate of drug-likeness (QED) is 0.639. The van der Waals surface area contributed by atoms with Crippen molar-refractivity contribution in [1.29, 1.82) is 0 Å². The van der Waals surface area contributed by atoms with E-state index in [1.807, 2.05) is 0 Å². The summed E-state index contributed by atoms with van der Waals surface area (Å²) in [4.78, 5) is 2.26. The van der Waals surface area contributed by atoms with Gasteiger partial charge in [0.15, 0.2) is 0 Å². The van der Waals surface area contributed by atoms with Gasteiger partial charge in [0.05, 0.1) is 12.9 Å². The van der Waals surface area contributed by atoms with Crippen LogP contribution < -0.4 is 4.72 Å². The van der Waals surface area contributed by atoms with Crippen LogP contribution in [0, 0.1) is 0 Å². The highest BCUT2D eigenvalue weighted by atomic mass is 32.2. The van der Waals surface area contributed by atoms with E-state index in [9.17, 15) is 13.5 Å². The Bertz CT molecular complexity index is 292. The number of piperidine rings is 1. The Labute approximate surface area is 97.9 Å². The number of sulfonamides is 1. The first-order valence-electron chi connectivity index (χ1n) is 5.82. The van der Waals surface area contributed by atoms with Gasteiger partial charge in [0.2, 0.25) is 10.0 Å². The van der Waals surface area contributed by atoms with Crippen molar-refractivity contribution in [3.05, 3.63) is 0 Å². The minimum atomic E-state index is -3.06. The van der Waals surface area contributed by atoms with Crippen molar-refractivity contribution in [3.63, 3.8) is 0 Å². The lowest BCUT2D eigenvalue weighted by Gasteiger charge is -2.34. The molecule has 0 amide bonds. The number of likely N-dealkylation sites (tertiary alicyclic amines) is 1. The Morgan fingerprint density at radius 3 is 2.81 bits per heavy atom. The molecule has 0 spiro atoms. The molecular formula is C10H22N2O3S. The highest BCUT2D eigenvalue weighted by Crippen LogP contribution is 2.16. The van der Waals surface area contributed by atoms with Crippen molar-refractivity contribution in [3.8, 4) is 0 Å². The predicted octanol–water partition coefficient (Wildman–Crippen LogP) is -0.227. The van der Waals surface area contributed by atoms with E-state index in [4.69, 9.17) is 0 Å². The van der Waals surface area contributed by atoms with Gasteiger partial charge in [-0.05, 0) is 32.4 Å². The second-order valence-corrected chi connectivity index (χ2v) is 6.22. The lowest BCUT2D eigenvalue weighted by atomic mass is 10.0. The van der Waals surface area contributed by atoms with E-state index in [0.29, 0.717) is 6.54 Å². The summed E-state index contributed by atoms with van der Waals surface area (Å²) in [6.07, 6.45) is 5.38. The zero-order valence-electron chi connectivity index (χ0n) is 9.85. The number of rotatable bonds is 6. The van der Waals surface area contributed by atoms with Gasteiger partial charge in [-0.15, -0.1) is 0 Å². The van der Waals surface area contributed by atoms with Crippen LogP contribution in [0.15, 0.2) is 0 Å². The van der Waals surface area contributed by atoms with Crippen LogP contribution in [-0.4, -0.2) is 57.0 Å². The molecule has 0 unspecified atom stereocenters. The van der Waals surface area contributed by atoms with Crippen molar-refractivity contribution >= 4 is 10.0 Å². The molecule has 96 valence electrons. The third-order valence-electron chi connectivity index (χ3n) is 2.95. The summed E-state index contributed by atoms with van der Waals surface area (Å²) in [6.45, 7) is 2.56. The van der Waals surface area contributed by atoms with Gasteiger partial charge >= 0.3 is 0 Å². The molecule has 0 saturated carbocycles. The van der Waals surface area contributed by atoms with Crippen LogP contribution in [0.1, 0.15) is 25.7 Å². The first kappa shape index (κ1) is 13.9. The minimum absolute atomic E-state index is 0.208. The third kappa shape index (κ3) is 5.25. The number of nitrogens with zero attached hydrogens (tertiary/aromatic N) is 1. The summed E-state index contributed by atoms with van der Waals surface area (Å²) in [5, 5.41) is 9.19. The highest BCUT2D eigenvalue weighted by molar-refractivity contribution is 7.88. The molecule has 6 heteroatoms. The molecule has 0 aromatic carbocycles. The van der Waals surface area contributed by atoms with Crippen LogP contribution in [0.2, 0.25) is 0 Å². The van der Waals surface area contributed by atoms with Crippen LogP contribution in [-0.2, 0) is 10.0 Å². The number of hydrogen-bond acceptors (Lipinski definition) is 4. The molecule has 16 heavy (non-hydrogen) atoms. The molecule has 1 aliphatic heterocycles. The van der Waals surface area contributed by atoms with Crippen LogP contribution >= 0.6 is 0 Å². The monoisotopic (exact) mass is 250 g/mol. The molecule has 0 aliphatic carbocycles. The van der Waals surface area contributed by atoms with Gasteiger partial charge in [-0.2, -0.15) is 0 Å². The maximum atomic E-state index is 10.8. The van der Waals surface area contributed by atoms with E-state index in [1.165, 1.54) is 19.1 Å². The molecule has 0 bridgehead atoms. The molecule has 2 N–H and O–H groups in total. The van der Waals surface area contributed by atoms with Crippen LogP contribution in [0.5, 0.6) is 0 Å². The van der Waals surface area contributed by atoms with Crippen LogP contribution in [0.4, 0.5) is 0 Å². The minimum Gasteiger partial charge on any atom is -0.395 e. The first-order chi connectivity index (χ1) is 7.53. The van der Waals surface area contributed by atoms with Crippen molar-refractivity contribution in [1.82, 2.24) is 9.62 Å². The number of aliphatic hydroxyl groups is 1. The van der Waals surface area contributed by atoms with Gasteiger partial charge in [0.1, 0.15) is 0 Å². The van der Waals surface area contributed by atoms with Gasteiger partial charge < -0.3 is 5.11 Å². The van der Waals surface area contributed by atoms with Crippen molar-refractivity contribution in [2.24, 2.45) is 0 Å². The van der Waals surface area contributed by atoms with E-state index in [-0.39, 0.29) is 12.6 Å². The fraction of sp³-hybridized carbons (Fsp3) is 1.00. The topological polar surface area (TPSA) is 69.6 Å². The molecule has 0 aromatic heterocycles. The summed E-state index contributed by atoms with van der Waals surface area (Å²) >= 11 is 0. The molecule has 0 radical (unpaired) electrons. The van der Waals surface area contributed by atoms with E-state index in [1.54, 1.807) is 0 Å². The van der Waals surface area contributed by atoms with Crippen LogP contribution in [0.25, 0.3) is 0 Å². The third-order valence-corrected chi connectivity index (χ3v) is 3.67. The molecular weight excluding hydrogens is 228 g/mol. The summed E-state index contributed by atoms with van der Waals surface area (Å²) < 4.78 is 24.2. The van der Waals surface area contributed by atoms with Gasteiger partial charge in [-0.3, -0.25) is 4.90 Å². The zero-order valence-corrected chi connectivity index (χ0v) is 10.7. The van der Waals surface area contributed by atoms with E-state index < -0.39 is 10.0 Å². The largest absolute Gasteiger partial charge is 0.395 e. The summed E-state index contributed by atoms with van der Waals surface area (Å²) in [7, 11) is -3.06. The second kappa shape index (κ2) is 6.54. The second-order valence-electron chi connectivity index (χ2n) is 4.39. The fourth-order valence-corrected chi connectivity index (χ4v) is 2.62. The number of hydrogen-bond donors (Lipinski definition) is 2. The van der Waals surface area contributed by atoms with E-state index >= 15 is 0 Å². The maximum Gasteiger partial charge on any atom is 0.208 e. The molecule has 1 fully saturated rings. The number of aliphatic hydroxyl groups excluding tert-OH is 1. The molecule has 0 aromatic rings. The summed E-state index contributed by atoms with van der Waals surface area (Å²) in [5.74, 6) is 0. The molecule has 5 nitrogen and oxygen atoms in total. The fourth-order valence-electron chi connectivity index (χ4n) is 2.10. The zero-order chi connectivity index (χ0) is 12.0. The Kier molecular flexibility index (Phi) is 5.68. The predicted molar refractivity (Wildman–Crippen MR) is 63.8 cm³/mol. The van der Waals surface area contributed by atoms with Gasteiger partial charge in [0, 0.05) is 12.6 Å². The molecule has 1 rings (SSSR count). The lowest BCUT2D eigenvalue weighted by Crippen LogP contribution is -2.43. The molecule has 1 saturated heterocycles. The standard InChI is InChI=1S/C10H22N2O3S/c1-16(14,15)11-6-4-8-12-7-3-2-5-10(12)9-13/h10-11,13H,2-9H2,1H3/t10-/m1/s1. The molecule has 1 atom stereocenters. The highest BCUT2D eigenvalue weighted by Gasteiger charge is 2.20. The Hall–Kier alpha value is -0.170. The van der Waals surface area contributed by atoms with E-state index in [0.717, 1.165) is 25.9 Å². The van der Waals surface area contributed by atoms with Gasteiger partial charge in [-0.25, -0.2) is 13.1 Å². The van der Waals surface area contributed by atoms with Crippen molar-refractivity contribution in [2.75, 3.05) is 32.5 Å². The lowest BCUT2D eigenvalue weighted by molar-refractivity contribution is 0.0896. The number of nitrogens with one attached hydrogen (secondary N) is 1. The average molecular weight is 250 g/mol. The first-order valence-corrected chi connectivity index (χ1v) is 7.71. The van der Waals surface area contributed by atoms with Crippen molar-refractivity contribution < 1.29 is 13.5 Å². The van der Waals surface area contributed by atoms with Gasteiger partial charge in [-0.1, -0.05) is 6.42 Å². The smallest absolute Gasteiger partial charge is 0.208 e. The Morgan fingerprint density at radius 1 is 1.44 bits per heavy atom. The average Bonchev–Trinajstić information content (AvgIpc) is 2.23. The van der Waals surface area contributed by atoms with Crippen LogP contribution in [0.3, 0.4) is 0 Å².